The summed E-state index contributed by atoms with van der Waals surface area (Å²) in [5.74, 6) is 1.87. The van der Waals surface area contributed by atoms with Crippen LogP contribution in [0.15, 0.2) is 24.3 Å². The van der Waals surface area contributed by atoms with Crippen molar-refractivity contribution < 1.29 is 17.9 Å². The fraction of sp³-hybridized carbons (Fsp3) is 0.611. The molecule has 1 amide bonds. The number of amides is 1. The molecule has 0 aromatic heterocycles. The largest absolute Gasteiger partial charge is 0.481 e. The summed E-state index contributed by atoms with van der Waals surface area (Å²) in [6, 6.07) is 6.98. The Hall–Kier alpha value is -1.76. The summed E-state index contributed by atoms with van der Waals surface area (Å²) in [4.78, 5) is 12.4. The number of ether oxygens (including phenoxy) is 1. The van der Waals surface area contributed by atoms with Crippen molar-refractivity contribution in [3.63, 3.8) is 0 Å². The lowest BCUT2D eigenvalue weighted by atomic mass is 9.95. The van der Waals surface area contributed by atoms with Gasteiger partial charge in [0.25, 0.3) is 5.91 Å². The maximum atomic E-state index is 12.4. The predicted octanol–water partition coefficient (Wildman–Crippen LogP) is 2.15. The van der Waals surface area contributed by atoms with Crippen molar-refractivity contribution in [1.29, 1.82) is 0 Å². The number of nitrogens with zero attached hydrogens (tertiary/aromatic N) is 1. The van der Waals surface area contributed by atoms with Crippen molar-refractivity contribution in [2.75, 3.05) is 17.6 Å². The molecule has 0 radical (unpaired) electrons. The Bertz CT molecular complexity index is 732. The summed E-state index contributed by atoms with van der Waals surface area (Å²) < 4.78 is 30.0. The molecule has 2 aliphatic rings. The quantitative estimate of drug-likeness (QED) is 0.837. The van der Waals surface area contributed by atoms with Crippen molar-refractivity contribution in [2.45, 2.75) is 44.8 Å². The second kappa shape index (κ2) is 6.86. The topological polar surface area (TPSA) is 75.7 Å². The van der Waals surface area contributed by atoms with Crippen LogP contribution in [0.2, 0.25) is 0 Å². The van der Waals surface area contributed by atoms with Crippen LogP contribution in [0.4, 0.5) is 5.69 Å². The molecule has 1 N–H and O–H groups in total. The van der Waals surface area contributed by atoms with Gasteiger partial charge in [0.2, 0.25) is 10.0 Å². The maximum absolute atomic E-state index is 12.4. The van der Waals surface area contributed by atoms with E-state index in [0.29, 0.717) is 23.4 Å². The van der Waals surface area contributed by atoms with Gasteiger partial charge in [-0.25, -0.2) is 8.42 Å². The molecular formula is C18H26N2O4S. The Morgan fingerprint density at radius 1 is 1.24 bits per heavy atom. The maximum Gasteiger partial charge on any atom is 0.261 e. The zero-order chi connectivity index (χ0) is 18.2. The second-order valence-corrected chi connectivity index (χ2v) is 9.29. The van der Waals surface area contributed by atoms with Crippen LogP contribution in [-0.2, 0) is 14.8 Å². The molecule has 25 heavy (non-hydrogen) atoms. The minimum absolute atomic E-state index is 0.0881. The van der Waals surface area contributed by atoms with Crippen LogP contribution < -0.4 is 14.4 Å². The fourth-order valence-electron chi connectivity index (χ4n) is 3.91. The molecule has 2 aliphatic carbocycles. The number of sulfonamides is 1. The van der Waals surface area contributed by atoms with Crippen molar-refractivity contribution >= 4 is 21.6 Å². The third-order valence-corrected chi connectivity index (χ3v) is 6.65. The third kappa shape index (κ3) is 4.08. The summed E-state index contributed by atoms with van der Waals surface area (Å²) in [6.45, 7) is 1.74. The van der Waals surface area contributed by atoms with E-state index in [9.17, 15) is 13.2 Å². The molecule has 2 fully saturated rings. The fourth-order valence-corrected chi connectivity index (χ4v) is 4.41. The van der Waals surface area contributed by atoms with E-state index in [0.717, 1.165) is 18.6 Å². The second-order valence-electron chi connectivity index (χ2n) is 7.27. The van der Waals surface area contributed by atoms with Crippen LogP contribution in [0.5, 0.6) is 5.75 Å². The number of carbonyl (C=O) groups is 1. The first-order valence-electron chi connectivity index (χ1n) is 8.75. The third-order valence-electron chi connectivity index (χ3n) is 5.45. The standard InChI is InChI=1S/C18H26N2O4S/c1-12(18(21)19-17-11-13-4-5-14(17)10-13)24-16-8-6-15(7-9-16)20(2)25(3,22)23/h6-9,12-14,17H,4-5,10-11H2,1-3H3,(H,19,21)/t12-,13-,14-,17+/m0/s1. The molecule has 1 aromatic carbocycles. The Balaban J connectivity index is 1.55. The van der Waals surface area contributed by atoms with Gasteiger partial charge in [-0.05, 0) is 62.3 Å². The highest BCUT2D eigenvalue weighted by molar-refractivity contribution is 7.92. The number of hydrogen-bond acceptors (Lipinski definition) is 4. The predicted molar refractivity (Wildman–Crippen MR) is 97.2 cm³/mol. The van der Waals surface area contributed by atoms with Crippen molar-refractivity contribution in [3.05, 3.63) is 24.3 Å². The highest BCUT2D eigenvalue weighted by atomic mass is 32.2. The molecule has 4 atom stereocenters. The van der Waals surface area contributed by atoms with Gasteiger partial charge in [0.1, 0.15) is 5.75 Å². The first-order chi connectivity index (χ1) is 11.7. The van der Waals surface area contributed by atoms with Gasteiger partial charge in [-0.15, -0.1) is 0 Å². The van der Waals surface area contributed by atoms with Gasteiger partial charge in [0.15, 0.2) is 6.10 Å². The van der Waals surface area contributed by atoms with E-state index in [4.69, 9.17) is 4.74 Å². The Morgan fingerprint density at radius 3 is 2.44 bits per heavy atom. The molecule has 2 bridgehead atoms. The average molecular weight is 366 g/mol. The summed E-state index contributed by atoms with van der Waals surface area (Å²) in [6.07, 6.45) is 5.43. The number of carbonyl (C=O) groups excluding carboxylic acids is 1. The summed E-state index contributed by atoms with van der Waals surface area (Å²) in [5, 5.41) is 3.13. The summed E-state index contributed by atoms with van der Waals surface area (Å²) in [7, 11) is -1.80. The molecule has 0 heterocycles. The first-order valence-corrected chi connectivity index (χ1v) is 10.6. The van der Waals surface area contributed by atoms with E-state index in [1.165, 1.54) is 30.6 Å². The highest BCUT2D eigenvalue weighted by Crippen LogP contribution is 2.44. The lowest BCUT2D eigenvalue weighted by molar-refractivity contribution is -0.128. The Morgan fingerprint density at radius 2 is 1.92 bits per heavy atom. The van der Waals surface area contributed by atoms with Gasteiger partial charge in [0.05, 0.1) is 11.9 Å². The van der Waals surface area contributed by atoms with Crippen molar-refractivity contribution in [1.82, 2.24) is 5.32 Å². The number of hydrogen-bond donors (Lipinski definition) is 1. The smallest absolute Gasteiger partial charge is 0.261 e. The van der Waals surface area contributed by atoms with E-state index in [-0.39, 0.29) is 5.91 Å². The van der Waals surface area contributed by atoms with Gasteiger partial charge in [-0.1, -0.05) is 6.42 Å². The number of anilines is 1. The van der Waals surface area contributed by atoms with E-state index in [1.54, 1.807) is 31.2 Å². The van der Waals surface area contributed by atoms with Crippen LogP contribution in [0, 0.1) is 11.8 Å². The lowest BCUT2D eigenvalue weighted by Gasteiger charge is -2.25. The monoisotopic (exact) mass is 366 g/mol. The van der Waals surface area contributed by atoms with E-state index < -0.39 is 16.1 Å². The zero-order valence-electron chi connectivity index (χ0n) is 14.9. The van der Waals surface area contributed by atoms with E-state index >= 15 is 0 Å². The van der Waals surface area contributed by atoms with E-state index in [2.05, 4.69) is 5.32 Å². The number of nitrogens with one attached hydrogen (secondary N) is 1. The van der Waals surface area contributed by atoms with Crippen LogP contribution in [0.25, 0.3) is 0 Å². The van der Waals surface area contributed by atoms with Crippen LogP contribution >= 0.6 is 0 Å². The summed E-state index contributed by atoms with van der Waals surface area (Å²) >= 11 is 0. The molecule has 138 valence electrons. The van der Waals surface area contributed by atoms with Gasteiger partial charge < -0.3 is 10.1 Å². The number of benzene rings is 1. The molecular weight excluding hydrogens is 340 g/mol. The van der Waals surface area contributed by atoms with Gasteiger partial charge in [-0.2, -0.15) is 0 Å². The van der Waals surface area contributed by atoms with Crippen LogP contribution in [0.3, 0.4) is 0 Å². The van der Waals surface area contributed by atoms with Crippen LogP contribution in [-0.4, -0.2) is 39.8 Å². The minimum Gasteiger partial charge on any atom is -0.481 e. The highest BCUT2D eigenvalue weighted by Gasteiger charge is 2.40. The van der Waals surface area contributed by atoms with Crippen LogP contribution in [0.1, 0.15) is 32.6 Å². The molecule has 2 saturated carbocycles. The Labute approximate surface area is 149 Å². The van der Waals surface area contributed by atoms with E-state index in [1.807, 2.05) is 0 Å². The summed E-state index contributed by atoms with van der Waals surface area (Å²) in [5.41, 5.74) is 0.550. The van der Waals surface area contributed by atoms with Crippen molar-refractivity contribution in [2.24, 2.45) is 11.8 Å². The normalized spacial score (nSPS) is 26.3. The number of rotatable bonds is 6. The molecule has 0 aliphatic heterocycles. The van der Waals surface area contributed by atoms with Crippen molar-refractivity contribution in [3.8, 4) is 5.75 Å². The average Bonchev–Trinajstić information content (AvgIpc) is 3.16. The molecule has 6 nitrogen and oxygen atoms in total. The molecule has 1 aromatic rings. The first kappa shape index (κ1) is 18.0. The SMILES string of the molecule is C[C@H](Oc1ccc(N(C)S(C)(=O)=O)cc1)C(=O)N[C@@H]1C[C@H]2CC[C@H]1C2. The Kier molecular flexibility index (Phi) is 4.95. The number of fused-ring (bicyclic) bond motifs is 2. The molecule has 0 saturated heterocycles. The molecule has 7 heteroatoms. The van der Waals surface area contributed by atoms with Gasteiger partial charge in [0, 0.05) is 13.1 Å². The minimum atomic E-state index is -3.29. The molecule has 0 unspecified atom stereocenters. The van der Waals surface area contributed by atoms with Gasteiger partial charge in [-0.3, -0.25) is 9.10 Å². The molecule has 0 spiro atoms. The molecule has 3 rings (SSSR count). The zero-order valence-corrected chi connectivity index (χ0v) is 15.8. The lowest BCUT2D eigenvalue weighted by Crippen LogP contribution is -2.44. The van der Waals surface area contributed by atoms with Gasteiger partial charge >= 0.3 is 0 Å².